The van der Waals surface area contributed by atoms with Crippen LogP contribution < -0.4 is 10.1 Å². The van der Waals surface area contributed by atoms with Gasteiger partial charge in [0.05, 0.1) is 22.7 Å². The molecule has 2 rings (SSSR count). The second-order valence-corrected chi connectivity index (χ2v) is 6.39. The van der Waals surface area contributed by atoms with Crippen molar-refractivity contribution in [3.63, 3.8) is 0 Å². The van der Waals surface area contributed by atoms with Gasteiger partial charge >= 0.3 is 0 Å². The van der Waals surface area contributed by atoms with Gasteiger partial charge < -0.3 is 10.1 Å². The monoisotopic (exact) mass is 341 g/mol. The van der Waals surface area contributed by atoms with Gasteiger partial charge in [-0.15, -0.1) is 11.3 Å². The van der Waals surface area contributed by atoms with Crippen LogP contribution >= 0.6 is 11.3 Å². The van der Waals surface area contributed by atoms with Crippen molar-refractivity contribution in [2.24, 2.45) is 5.92 Å². The number of benzene rings is 1. The van der Waals surface area contributed by atoms with Gasteiger partial charge in [-0.05, 0) is 37.6 Å². The molecule has 1 aromatic carbocycles. The number of thiazole rings is 1. The molecular formula is C18H19N3O2S. The Bertz CT molecular complexity index is 744. The van der Waals surface area contributed by atoms with Gasteiger partial charge in [-0.2, -0.15) is 5.26 Å². The Hall–Kier alpha value is -2.65. The van der Waals surface area contributed by atoms with Crippen molar-refractivity contribution < 1.29 is 9.53 Å². The Balaban J connectivity index is 1.82. The highest BCUT2D eigenvalue weighted by atomic mass is 32.1. The molecule has 0 spiro atoms. The quantitative estimate of drug-likeness (QED) is 0.784. The summed E-state index contributed by atoms with van der Waals surface area (Å²) in [5.74, 6) is 0.349. The number of ether oxygens (including phenoxy) is 1. The van der Waals surface area contributed by atoms with E-state index in [1.54, 1.807) is 24.3 Å². The van der Waals surface area contributed by atoms with Crippen LogP contribution in [0.2, 0.25) is 0 Å². The summed E-state index contributed by atoms with van der Waals surface area (Å²) in [7, 11) is 0. The maximum Gasteiger partial charge on any atom is 0.244 e. The number of amides is 1. The molecule has 1 heterocycles. The fourth-order valence-corrected chi connectivity index (χ4v) is 2.43. The van der Waals surface area contributed by atoms with E-state index in [1.165, 1.54) is 6.08 Å². The maximum atomic E-state index is 11.6. The van der Waals surface area contributed by atoms with Crippen LogP contribution in [0.1, 0.15) is 23.2 Å². The lowest BCUT2D eigenvalue weighted by Gasteiger charge is -2.04. The topological polar surface area (TPSA) is 75.0 Å². The van der Waals surface area contributed by atoms with E-state index >= 15 is 0 Å². The van der Waals surface area contributed by atoms with Crippen molar-refractivity contribution in [2.45, 2.75) is 20.5 Å². The lowest BCUT2D eigenvalue weighted by Crippen LogP contribution is -2.25. The van der Waals surface area contributed by atoms with Crippen molar-refractivity contribution in [2.75, 3.05) is 6.54 Å². The first-order valence-corrected chi connectivity index (χ1v) is 8.44. The molecule has 5 nitrogen and oxygen atoms in total. The summed E-state index contributed by atoms with van der Waals surface area (Å²) in [6.45, 7) is 4.52. The highest BCUT2D eigenvalue weighted by molar-refractivity contribution is 7.09. The number of carbonyl (C=O) groups excluding carboxylic acids is 1. The molecule has 0 saturated carbocycles. The molecule has 0 bridgehead atoms. The normalized spacial score (nSPS) is 11.9. The predicted octanol–water partition coefficient (Wildman–Crippen LogP) is 3.32. The third kappa shape index (κ3) is 5.86. The van der Waals surface area contributed by atoms with Crippen molar-refractivity contribution in [3.05, 3.63) is 52.0 Å². The zero-order valence-corrected chi connectivity index (χ0v) is 14.5. The van der Waals surface area contributed by atoms with Gasteiger partial charge in [0.15, 0.2) is 0 Å². The van der Waals surface area contributed by atoms with E-state index < -0.39 is 0 Å². The summed E-state index contributed by atoms with van der Waals surface area (Å²) in [5, 5.41) is 14.4. The van der Waals surface area contributed by atoms with Gasteiger partial charge in [-0.25, -0.2) is 4.98 Å². The smallest absolute Gasteiger partial charge is 0.244 e. The summed E-state index contributed by atoms with van der Waals surface area (Å²) < 4.78 is 5.67. The zero-order valence-electron chi connectivity index (χ0n) is 13.7. The van der Waals surface area contributed by atoms with Gasteiger partial charge in [0.25, 0.3) is 0 Å². The van der Waals surface area contributed by atoms with Crippen molar-refractivity contribution in [3.8, 4) is 11.8 Å². The van der Waals surface area contributed by atoms with E-state index in [0.29, 0.717) is 13.2 Å². The van der Waals surface area contributed by atoms with E-state index in [9.17, 15) is 4.79 Å². The minimum Gasteiger partial charge on any atom is -0.487 e. The maximum absolute atomic E-state index is 11.6. The molecular weight excluding hydrogens is 322 g/mol. The Kier molecular flexibility index (Phi) is 6.52. The Morgan fingerprint density at radius 3 is 2.83 bits per heavy atom. The molecule has 24 heavy (non-hydrogen) atoms. The Morgan fingerprint density at radius 1 is 1.46 bits per heavy atom. The summed E-state index contributed by atoms with van der Waals surface area (Å²) in [4.78, 5) is 16.0. The average molecular weight is 341 g/mol. The van der Waals surface area contributed by atoms with Crippen LogP contribution in [0.5, 0.6) is 5.75 Å². The number of aryl methyl sites for hydroxylation is 1. The second-order valence-electron chi connectivity index (χ2n) is 5.32. The van der Waals surface area contributed by atoms with Gasteiger partial charge in [-0.3, -0.25) is 4.79 Å². The fourth-order valence-electron chi connectivity index (χ4n) is 1.84. The molecule has 1 N–H and O–H groups in total. The summed E-state index contributed by atoms with van der Waals surface area (Å²) in [6.07, 6.45) is 3.18. The number of aromatic nitrogens is 1. The second kappa shape index (κ2) is 8.85. The lowest BCUT2D eigenvalue weighted by atomic mass is 10.2. The third-order valence-corrected chi connectivity index (χ3v) is 3.99. The zero-order chi connectivity index (χ0) is 17.4. The van der Waals surface area contributed by atoms with E-state index in [2.05, 4.69) is 16.4 Å². The Labute approximate surface area is 145 Å². The van der Waals surface area contributed by atoms with Crippen LogP contribution in [0.4, 0.5) is 0 Å². The molecule has 1 amide bonds. The van der Waals surface area contributed by atoms with Gasteiger partial charge in [0.1, 0.15) is 12.4 Å². The number of nitriles is 1. The highest BCUT2D eigenvalue weighted by Crippen LogP contribution is 2.16. The van der Waals surface area contributed by atoms with Crippen LogP contribution in [-0.2, 0) is 11.4 Å². The first-order chi connectivity index (χ1) is 11.6. The Morgan fingerprint density at radius 2 is 2.21 bits per heavy atom. The number of carbonyl (C=O) groups is 1. The minimum absolute atomic E-state index is 0.194. The predicted molar refractivity (Wildman–Crippen MR) is 94.4 cm³/mol. The number of hydrogen-bond donors (Lipinski definition) is 1. The summed E-state index contributed by atoms with van der Waals surface area (Å²) in [6, 6.07) is 9.54. The average Bonchev–Trinajstić information content (AvgIpc) is 3.02. The molecule has 0 fully saturated rings. The first kappa shape index (κ1) is 17.7. The SMILES string of the molecule is Cc1nc(COc2ccc(/C=C/C(=O)NCC(C)C#N)cc2)cs1. The highest BCUT2D eigenvalue weighted by Gasteiger charge is 2.02. The van der Waals surface area contributed by atoms with Crippen molar-refractivity contribution in [1.82, 2.24) is 10.3 Å². The molecule has 0 saturated heterocycles. The van der Waals surface area contributed by atoms with Crippen LogP contribution in [-0.4, -0.2) is 17.4 Å². The fraction of sp³-hybridized carbons (Fsp3) is 0.278. The molecule has 0 radical (unpaired) electrons. The third-order valence-electron chi connectivity index (χ3n) is 3.16. The largest absolute Gasteiger partial charge is 0.487 e. The number of hydrogen-bond acceptors (Lipinski definition) is 5. The molecule has 1 unspecified atom stereocenters. The molecule has 1 aromatic heterocycles. The molecule has 2 aromatic rings. The molecule has 1 atom stereocenters. The minimum atomic E-state index is -0.212. The van der Waals surface area contributed by atoms with E-state index in [4.69, 9.17) is 10.00 Å². The summed E-state index contributed by atoms with van der Waals surface area (Å²) >= 11 is 1.60. The first-order valence-electron chi connectivity index (χ1n) is 7.56. The number of nitrogens with one attached hydrogen (secondary N) is 1. The number of nitrogens with zero attached hydrogens (tertiary/aromatic N) is 2. The van der Waals surface area contributed by atoms with Crippen LogP contribution in [0.25, 0.3) is 6.08 Å². The molecule has 0 aliphatic heterocycles. The van der Waals surface area contributed by atoms with Gasteiger partial charge in [0.2, 0.25) is 5.91 Å². The van der Waals surface area contributed by atoms with Gasteiger partial charge in [0, 0.05) is 18.0 Å². The molecule has 0 aliphatic carbocycles. The van der Waals surface area contributed by atoms with E-state index in [-0.39, 0.29) is 11.8 Å². The van der Waals surface area contributed by atoms with Crippen LogP contribution in [0, 0.1) is 24.2 Å². The van der Waals surface area contributed by atoms with Gasteiger partial charge in [-0.1, -0.05) is 12.1 Å². The van der Waals surface area contributed by atoms with Crippen LogP contribution in [0.3, 0.4) is 0 Å². The lowest BCUT2D eigenvalue weighted by molar-refractivity contribution is -0.116. The molecule has 124 valence electrons. The summed E-state index contributed by atoms with van der Waals surface area (Å²) in [5.41, 5.74) is 1.82. The number of rotatable bonds is 7. The van der Waals surface area contributed by atoms with E-state index in [1.807, 2.05) is 36.6 Å². The van der Waals surface area contributed by atoms with Crippen LogP contribution in [0.15, 0.2) is 35.7 Å². The van der Waals surface area contributed by atoms with Crippen molar-refractivity contribution in [1.29, 1.82) is 5.26 Å². The van der Waals surface area contributed by atoms with Crippen molar-refractivity contribution >= 4 is 23.3 Å². The molecule has 0 aliphatic rings. The standard InChI is InChI=1S/C18H19N3O2S/c1-13(9-19)10-20-18(22)8-5-15-3-6-17(7-4-15)23-11-16-12-24-14(2)21-16/h3-8,12-13H,10-11H2,1-2H3,(H,20,22)/b8-5+. The van der Waals surface area contributed by atoms with E-state index in [0.717, 1.165) is 22.0 Å². The molecule has 6 heteroatoms.